The zero-order valence-electron chi connectivity index (χ0n) is 18.7. The molecule has 174 valence electrons. The number of aromatic nitrogens is 3. The Morgan fingerprint density at radius 3 is 2.58 bits per heavy atom. The Kier molecular flexibility index (Phi) is 7.67. The summed E-state index contributed by atoms with van der Waals surface area (Å²) in [5.74, 6) is -0.974. The van der Waals surface area contributed by atoms with Crippen molar-refractivity contribution in [2.45, 2.75) is 18.4 Å². The molecule has 0 bridgehead atoms. The summed E-state index contributed by atoms with van der Waals surface area (Å²) in [5, 5.41) is 2.96. The maximum absolute atomic E-state index is 12.9. The maximum atomic E-state index is 12.9. The van der Waals surface area contributed by atoms with Crippen molar-refractivity contribution in [1.29, 1.82) is 0 Å². The number of aryl methyl sites for hydroxylation is 1. The first kappa shape index (κ1) is 24.2. The van der Waals surface area contributed by atoms with Gasteiger partial charge >= 0.3 is 11.7 Å². The van der Waals surface area contributed by atoms with Gasteiger partial charge in [0.25, 0.3) is 5.56 Å². The number of fused-ring (bicyclic) bond motifs is 1. The zero-order valence-corrected chi connectivity index (χ0v) is 19.5. The van der Waals surface area contributed by atoms with Gasteiger partial charge in [-0.15, -0.1) is 11.8 Å². The number of benzene rings is 1. The van der Waals surface area contributed by atoms with E-state index < -0.39 is 17.2 Å². The molecule has 1 aromatic carbocycles. The monoisotopic (exact) mass is 472 g/mol. The first-order valence-corrected chi connectivity index (χ1v) is 11.0. The van der Waals surface area contributed by atoms with Crippen LogP contribution in [0.15, 0.2) is 44.9 Å². The summed E-state index contributed by atoms with van der Waals surface area (Å²) in [5.41, 5.74) is 0.412. The van der Waals surface area contributed by atoms with Crippen molar-refractivity contribution in [2.24, 2.45) is 14.1 Å². The van der Waals surface area contributed by atoms with Gasteiger partial charge in [0.15, 0.2) is 0 Å². The summed E-state index contributed by atoms with van der Waals surface area (Å²) in [6, 6.07) is 6.55. The first-order valence-electron chi connectivity index (χ1n) is 10.0. The molecular formula is C22H24N4O6S. The fraction of sp³-hybridized carbons (Fsp3) is 0.318. The maximum Gasteiger partial charge on any atom is 0.340 e. The van der Waals surface area contributed by atoms with E-state index in [4.69, 9.17) is 9.47 Å². The standard InChI is InChI=1S/C22H24N4O6S/c1-5-32-21(29)14-8-6-7-9-15(14)24-16(27)12-33-18-13(11-31-4)10-23-19-17(18)20(28)26(3)22(30)25(19)2/h6-10H,5,11-12H2,1-4H3,(H,24,27). The lowest BCUT2D eigenvalue weighted by Gasteiger charge is -2.14. The van der Waals surface area contributed by atoms with Gasteiger partial charge in [0.2, 0.25) is 5.91 Å². The lowest BCUT2D eigenvalue weighted by atomic mass is 10.2. The van der Waals surface area contributed by atoms with Gasteiger partial charge in [-0.2, -0.15) is 0 Å². The van der Waals surface area contributed by atoms with Crippen LogP contribution in [0.25, 0.3) is 11.0 Å². The number of carbonyl (C=O) groups excluding carboxylic acids is 2. The van der Waals surface area contributed by atoms with E-state index in [1.54, 1.807) is 31.2 Å². The summed E-state index contributed by atoms with van der Waals surface area (Å²) in [4.78, 5) is 54.8. The van der Waals surface area contributed by atoms with Gasteiger partial charge in [-0.1, -0.05) is 12.1 Å². The van der Waals surface area contributed by atoms with Crippen LogP contribution in [0.3, 0.4) is 0 Å². The summed E-state index contributed by atoms with van der Waals surface area (Å²) >= 11 is 1.13. The highest BCUT2D eigenvalue weighted by Gasteiger charge is 2.19. The van der Waals surface area contributed by atoms with Crippen LogP contribution in [0.1, 0.15) is 22.8 Å². The normalized spacial score (nSPS) is 10.9. The van der Waals surface area contributed by atoms with Crippen LogP contribution in [0.5, 0.6) is 0 Å². The van der Waals surface area contributed by atoms with Crippen LogP contribution in [0, 0.1) is 0 Å². The van der Waals surface area contributed by atoms with Crippen LogP contribution < -0.4 is 16.6 Å². The number of para-hydroxylation sites is 1. The SMILES string of the molecule is CCOC(=O)c1ccccc1NC(=O)CSc1c(COC)cnc2c1c(=O)n(C)c(=O)n2C. The minimum absolute atomic E-state index is 0.0566. The fourth-order valence-corrected chi connectivity index (χ4v) is 4.24. The number of esters is 1. The van der Waals surface area contributed by atoms with Crippen molar-refractivity contribution in [3.8, 4) is 0 Å². The van der Waals surface area contributed by atoms with Gasteiger partial charge in [0.05, 0.1) is 35.6 Å². The Bertz CT molecular complexity index is 1330. The number of hydrogen-bond donors (Lipinski definition) is 1. The van der Waals surface area contributed by atoms with Crippen molar-refractivity contribution in [3.05, 3.63) is 62.4 Å². The second-order valence-corrected chi connectivity index (χ2v) is 8.04. The topological polar surface area (TPSA) is 122 Å². The molecule has 0 saturated heterocycles. The van der Waals surface area contributed by atoms with Gasteiger partial charge in [0, 0.05) is 37.9 Å². The third-order valence-electron chi connectivity index (χ3n) is 4.84. The van der Waals surface area contributed by atoms with Crippen LogP contribution in [-0.4, -0.2) is 45.5 Å². The molecule has 11 heteroatoms. The molecule has 0 atom stereocenters. The molecule has 0 aliphatic carbocycles. The molecule has 1 N–H and O–H groups in total. The number of nitrogens with zero attached hydrogens (tertiary/aromatic N) is 3. The number of rotatable bonds is 8. The quantitative estimate of drug-likeness (QED) is 0.388. The van der Waals surface area contributed by atoms with E-state index >= 15 is 0 Å². The Balaban J connectivity index is 1.94. The van der Waals surface area contributed by atoms with Gasteiger partial charge in [-0.3, -0.25) is 18.7 Å². The lowest BCUT2D eigenvalue weighted by molar-refractivity contribution is -0.113. The van der Waals surface area contributed by atoms with Crippen LogP contribution in [0.2, 0.25) is 0 Å². The van der Waals surface area contributed by atoms with E-state index in [1.807, 2.05) is 0 Å². The summed E-state index contributed by atoms with van der Waals surface area (Å²) < 4.78 is 12.5. The van der Waals surface area contributed by atoms with Crippen LogP contribution in [-0.2, 0) is 35.0 Å². The van der Waals surface area contributed by atoms with Crippen molar-refractivity contribution in [3.63, 3.8) is 0 Å². The fourth-order valence-electron chi connectivity index (χ4n) is 3.27. The number of pyridine rings is 1. The number of amides is 1. The molecule has 0 saturated carbocycles. The second-order valence-electron chi connectivity index (χ2n) is 7.05. The Labute approximate surface area is 193 Å². The highest BCUT2D eigenvalue weighted by molar-refractivity contribution is 8.00. The van der Waals surface area contributed by atoms with Crippen molar-refractivity contribution in [2.75, 3.05) is 24.8 Å². The number of hydrogen-bond acceptors (Lipinski definition) is 8. The molecule has 0 aliphatic rings. The third kappa shape index (κ3) is 4.99. The summed E-state index contributed by atoms with van der Waals surface area (Å²) in [7, 11) is 4.43. The van der Waals surface area contributed by atoms with E-state index in [0.717, 1.165) is 16.3 Å². The molecule has 0 fully saturated rings. The molecule has 0 aliphatic heterocycles. The Hall–Kier alpha value is -3.44. The van der Waals surface area contributed by atoms with Gasteiger partial charge < -0.3 is 14.8 Å². The first-order chi connectivity index (χ1) is 15.8. The predicted molar refractivity (Wildman–Crippen MR) is 125 cm³/mol. The van der Waals surface area contributed by atoms with Crippen molar-refractivity contribution < 1.29 is 19.1 Å². The van der Waals surface area contributed by atoms with Crippen molar-refractivity contribution in [1.82, 2.24) is 14.1 Å². The minimum Gasteiger partial charge on any atom is -0.462 e. The molecule has 0 radical (unpaired) electrons. The zero-order chi connectivity index (χ0) is 24.1. The number of thioether (sulfide) groups is 1. The average Bonchev–Trinajstić information content (AvgIpc) is 2.80. The molecule has 1 amide bonds. The van der Waals surface area contributed by atoms with Crippen LogP contribution in [0.4, 0.5) is 5.69 Å². The Morgan fingerprint density at radius 1 is 1.15 bits per heavy atom. The predicted octanol–water partition coefficient (Wildman–Crippen LogP) is 1.69. The van der Waals surface area contributed by atoms with E-state index in [9.17, 15) is 19.2 Å². The molecule has 3 rings (SSSR count). The molecule has 2 aromatic heterocycles. The number of nitrogens with one attached hydrogen (secondary N) is 1. The van der Waals surface area contributed by atoms with E-state index in [-0.39, 0.29) is 41.5 Å². The summed E-state index contributed by atoms with van der Waals surface area (Å²) in [6.07, 6.45) is 1.53. The van der Waals surface area contributed by atoms with E-state index in [2.05, 4.69) is 10.3 Å². The van der Waals surface area contributed by atoms with E-state index in [1.165, 1.54) is 32.0 Å². The lowest BCUT2D eigenvalue weighted by Crippen LogP contribution is -2.37. The van der Waals surface area contributed by atoms with E-state index in [0.29, 0.717) is 16.1 Å². The largest absolute Gasteiger partial charge is 0.462 e. The highest BCUT2D eigenvalue weighted by Crippen LogP contribution is 2.29. The third-order valence-corrected chi connectivity index (χ3v) is 6.00. The molecule has 33 heavy (non-hydrogen) atoms. The smallest absolute Gasteiger partial charge is 0.340 e. The van der Waals surface area contributed by atoms with Gasteiger partial charge in [-0.25, -0.2) is 14.6 Å². The molecule has 0 unspecified atom stereocenters. The van der Waals surface area contributed by atoms with Gasteiger partial charge in [-0.05, 0) is 19.1 Å². The number of carbonyl (C=O) groups is 2. The molecule has 2 heterocycles. The van der Waals surface area contributed by atoms with Gasteiger partial charge in [0.1, 0.15) is 5.65 Å². The molecule has 3 aromatic rings. The second kappa shape index (κ2) is 10.5. The van der Waals surface area contributed by atoms with Crippen LogP contribution >= 0.6 is 11.8 Å². The highest BCUT2D eigenvalue weighted by atomic mass is 32.2. The molecule has 0 spiro atoms. The summed E-state index contributed by atoms with van der Waals surface area (Å²) in [6.45, 7) is 2.09. The molecule has 10 nitrogen and oxygen atoms in total. The Morgan fingerprint density at radius 2 is 1.88 bits per heavy atom. The number of methoxy groups -OCH3 is 1. The number of ether oxygens (including phenoxy) is 2. The number of anilines is 1. The average molecular weight is 473 g/mol. The minimum atomic E-state index is -0.534. The van der Waals surface area contributed by atoms with Crippen molar-refractivity contribution >= 4 is 40.4 Å². The molecular weight excluding hydrogens is 448 g/mol.